The molecular weight excluding hydrogens is 266 g/mol. The Morgan fingerprint density at radius 3 is 2.86 bits per heavy atom. The monoisotopic (exact) mass is 291 g/mol. The van der Waals surface area contributed by atoms with Crippen LogP contribution in [0.4, 0.5) is 11.4 Å². The molecule has 1 aliphatic heterocycles. The van der Waals surface area contributed by atoms with Gasteiger partial charge >= 0.3 is 0 Å². The van der Waals surface area contributed by atoms with Crippen molar-refractivity contribution < 1.29 is 4.92 Å². The Morgan fingerprint density at radius 2 is 2.29 bits per heavy atom. The van der Waals surface area contributed by atoms with Crippen LogP contribution in [0.25, 0.3) is 0 Å². The number of piperidine rings is 1. The fourth-order valence-electron chi connectivity index (χ4n) is 3.03. The average molecular weight is 291 g/mol. The predicted octanol–water partition coefficient (Wildman–Crippen LogP) is 3.12. The minimum absolute atomic E-state index is 0.203. The summed E-state index contributed by atoms with van der Waals surface area (Å²) in [6, 6.07) is 5.47. The minimum atomic E-state index is -0.311. The first kappa shape index (κ1) is 15.8. The van der Waals surface area contributed by atoms with Crippen LogP contribution < -0.4 is 10.2 Å². The highest BCUT2D eigenvalue weighted by Crippen LogP contribution is 2.26. The Morgan fingerprint density at radius 1 is 1.48 bits per heavy atom. The Labute approximate surface area is 126 Å². The Kier molecular flexibility index (Phi) is 5.56. The standard InChI is InChI=1S/C16H25N3O2/c1-3-9-18(12-14-5-4-8-17-11-14)15-6-7-16(19(20)21)13(2)10-15/h6-7,10,14,17H,3-5,8-9,11-12H2,1-2H3. The van der Waals surface area contributed by atoms with Gasteiger partial charge in [0.2, 0.25) is 0 Å². The van der Waals surface area contributed by atoms with Crippen molar-refractivity contribution in [2.45, 2.75) is 33.1 Å². The van der Waals surface area contributed by atoms with E-state index in [2.05, 4.69) is 17.1 Å². The number of aryl methyl sites for hydroxylation is 1. The molecule has 0 aliphatic carbocycles. The zero-order valence-electron chi connectivity index (χ0n) is 13.0. The second-order valence-corrected chi connectivity index (χ2v) is 5.89. The lowest BCUT2D eigenvalue weighted by molar-refractivity contribution is -0.385. The lowest BCUT2D eigenvalue weighted by Gasteiger charge is -2.31. The van der Waals surface area contributed by atoms with Crippen LogP contribution in [0.15, 0.2) is 18.2 Å². The number of nitro benzene ring substituents is 1. The second-order valence-electron chi connectivity index (χ2n) is 5.89. The van der Waals surface area contributed by atoms with E-state index in [4.69, 9.17) is 0 Å². The van der Waals surface area contributed by atoms with Gasteiger partial charge in [-0.1, -0.05) is 6.92 Å². The molecule has 116 valence electrons. The van der Waals surface area contributed by atoms with Crippen molar-refractivity contribution in [2.24, 2.45) is 5.92 Å². The minimum Gasteiger partial charge on any atom is -0.371 e. The molecule has 0 bridgehead atoms. The lowest BCUT2D eigenvalue weighted by atomic mass is 9.98. The number of nitro groups is 1. The summed E-state index contributed by atoms with van der Waals surface area (Å²) in [5, 5.41) is 14.4. The van der Waals surface area contributed by atoms with Gasteiger partial charge in [0.15, 0.2) is 0 Å². The van der Waals surface area contributed by atoms with E-state index in [-0.39, 0.29) is 10.6 Å². The van der Waals surface area contributed by atoms with Crippen molar-refractivity contribution in [2.75, 3.05) is 31.1 Å². The van der Waals surface area contributed by atoms with Crippen molar-refractivity contribution in [1.82, 2.24) is 5.32 Å². The highest BCUT2D eigenvalue weighted by Gasteiger charge is 2.18. The van der Waals surface area contributed by atoms with E-state index in [9.17, 15) is 10.1 Å². The molecule has 0 amide bonds. The first-order valence-electron chi connectivity index (χ1n) is 7.82. The number of anilines is 1. The number of rotatable bonds is 6. The van der Waals surface area contributed by atoms with E-state index >= 15 is 0 Å². The molecule has 1 aromatic carbocycles. The van der Waals surface area contributed by atoms with Gasteiger partial charge in [0, 0.05) is 30.4 Å². The molecule has 1 aromatic rings. The third-order valence-corrected chi connectivity index (χ3v) is 4.11. The van der Waals surface area contributed by atoms with E-state index in [1.54, 1.807) is 6.07 Å². The second kappa shape index (κ2) is 7.41. The molecule has 1 saturated heterocycles. The molecule has 0 radical (unpaired) electrons. The Bertz CT molecular complexity index is 484. The van der Waals surface area contributed by atoms with E-state index in [1.165, 1.54) is 12.8 Å². The van der Waals surface area contributed by atoms with Crippen molar-refractivity contribution in [3.8, 4) is 0 Å². The largest absolute Gasteiger partial charge is 0.371 e. The van der Waals surface area contributed by atoms with Gasteiger partial charge in [-0.15, -0.1) is 0 Å². The molecule has 0 spiro atoms. The van der Waals surface area contributed by atoms with Gasteiger partial charge < -0.3 is 10.2 Å². The molecule has 1 fully saturated rings. The van der Waals surface area contributed by atoms with Crippen LogP contribution in [0, 0.1) is 23.0 Å². The average Bonchev–Trinajstić information content (AvgIpc) is 2.47. The van der Waals surface area contributed by atoms with Crippen molar-refractivity contribution in [3.63, 3.8) is 0 Å². The summed E-state index contributed by atoms with van der Waals surface area (Å²) in [6.07, 6.45) is 3.58. The number of nitrogens with one attached hydrogen (secondary N) is 1. The van der Waals surface area contributed by atoms with Crippen LogP contribution in [0.2, 0.25) is 0 Å². The molecule has 0 aromatic heterocycles. The highest BCUT2D eigenvalue weighted by atomic mass is 16.6. The highest BCUT2D eigenvalue weighted by molar-refractivity contribution is 5.55. The number of benzene rings is 1. The van der Waals surface area contributed by atoms with Crippen LogP contribution in [-0.4, -0.2) is 31.1 Å². The maximum atomic E-state index is 10.9. The van der Waals surface area contributed by atoms with Crippen LogP contribution in [0.1, 0.15) is 31.7 Å². The van der Waals surface area contributed by atoms with Crippen molar-refractivity contribution in [3.05, 3.63) is 33.9 Å². The molecule has 1 heterocycles. The third-order valence-electron chi connectivity index (χ3n) is 4.11. The van der Waals surface area contributed by atoms with Gasteiger partial charge in [-0.3, -0.25) is 10.1 Å². The van der Waals surface area contributed by atoms with Gasteiger partial charge in [-0.05, 0) is 57.3 Å². The molecule has 5 heteroatoms. The summed E-state index contributed by atoms with van der Waals surface area (Å²) in [7, 11) is 0. The van der Waals surface area contributed by atoms with Gasteiger partial charge in [-0.25, -0.2) is 0 Å². The molecule has 0 saturated carbocycles. The zero-order valence-corrected chi connectivity index (χ0v) is 13.0. The van der Waals surface area contributed by atoms with E-state index < -0.39 is 0 Å². The molecule has 1 unspecified atom stereocenters. The summed E-state index contributed by atoms with van der Waals surface area (Å²) < 4.78 is 0. The van der Waals surface area contributed by atoms with E-state index in [0.717, 1.165) is 43.9 Å². The molecule has 2 rings (SSSR count). The predicted molar refractivity (Wildman–Crippen MR) is 85.9 cm³/mol. The van der Waals surface area contributed by atoms with Gasteiger partial charge in [0.05, 0.1) is 4.92 Å². The van der Waals surface area contributed by atoms with E-state index in [0.29, 0.717) is 5.92 Å². The maximum Gasteiger partial charge on any atom is 0.272 e. The van der Waals surface area contributed by atoms with Gasteiger partial charge in [-0.2, -0.15) is 0 Å². The molecule has 1 aliphatic rings. The van der Waals surface area contributed by atoms with Crippen LogP contribution in [-0.2, 0) is 0 Å². The lowest BCUT2D eigenvalue weighted by Crippen LogP contribution is -2.38. The summed E-state index contributed by atoms with van der Waals surface area (Å²) in [6.45, 7) is 8.21. The van der Waals surface area contributed by atoms with Gasteiger partial charge in [0.1, 0.15) is 0 Å². The molecule has 1 N–H and O–H groups in total. The Balaban J connectivity index is 2.13. The topological polar surface area (TPSA) is 58.4 Å². The number of nitrogens with zero attached hydrogens (tertiary/aromatic N) is 2. The molecule has 21 heavy (non-hydrogen) atoms. The molecular formula is C16H25N3O2. The number of hydrogen-bond acceptors (Lipinski definition) is 4. The normalized spacial score (nSPS) is 18.5. The van der Waals surface area contributed by atoms with Gasteiger partial charge in [0.25, 0.3) is 5.69 Å². The summed E-state index contributed by atoms with van der Waals surface area (Å²) in [5.41, 5.74) is 2.04. The Hall–Kier alpha value is -1.62. The van der Waals surface area contributed by atoms with Crippen molar-refractivity contribution in [1.29, 1.82) is 0 Å². The van der Waals surface area contributed by atoms with Crippen LogP contribution in [0.5, 0.6) is 0 Å². The van der Waals surface area contributed by atoms with Crippen molar-refractivity contribution >= 4 is 11.4 Å². The fourth-order valence-corrected chi connectivity index (χ4v) is 3.03. The smallest absolute Gasteiger partial charge is 0.272 e. The molecule has 5 nitrogen and oxygen atoms in total. The summed E-state index contributed by atoms with van der Waals surface area (Å²) in [5.74, 6) is 0.667. The SMILES string of the molecule is CCCN(CC1CCCNC1)c1ccc([N+](=O)[O-])c(C)c1. The zero-order chi connectivity index (χ0) is 15.2. The third kappa shape index (κ3) is 4.17. The van der Waals surface area contributed by atoms with Crippen LogP contribution in [0.3, 0.4) is 0 Å². The quantitative estimate of drug-likeness (QED) is 0.646. The molecule has 1 atom stereocenters. The maximum absolute atomic E-state index is 10.9. The first-order valence-corrected chi connectivity index (χ1v) is 7.82. The fraction of sp³-hybridized carbons (Fsp3) is 0.625. The summed E-state index contributed by atoms with van der Waals surface area (Å²) in [4.78, 5) is 13.0. The summed E-state index contributed by atoms with van der Waals surface area (Å²) >= 11 is 0. The first-order chi connectivity index (χ1) is 10.1. The van der Waals surface area contributed by atoms with E-state index in [1.807, 2.05) is 19.1 Å². The van der Waals surface area contributed by atoms with Crippen LogP contribution >= 0.6 is 0 Å². The number of hydrogen-bond donors (Lipinski definition) is 1.